The van der Waals surface area contributed by atoms with Crippen molar-refractivity contribution in [2.24, 2.45) is 11.3 Å². The molecular formula is C17H34N2S. The summed E-state index contributed by atoms with van der Waals surface area (Å²) in [6, 6.07) is 0.711. The molecule has 4 atom stereocenters. The number of hydrogen-bond donors (Lipinski definition) is 1. The first-order valence-corrected chi connectivity index (χ1v) is 9.48. The predicted molar refractivity (Wildman–Crippen MR) is 91.5 cm³/mol. The summed E-state index contributed by atoms with van der Waals surface area (Å²) in [7, 11) is 0. The quantitative estimate of drug-likeness (QED) is 0.834. The normalized spacial score (nSPS) is 38.2. The van der Waals surface area contributed by atoms with Crippen LogP contribution in [0.5, 0.6) is 0 Å². The van der Waals surface area contributed by atoms with E-state index in [0.29, 0.717) is 11.5 Å². The van der Waals surface area contributed by atoms with Gasteiger partial charge in [0, 0.05) is 36.2 Å². The second-order valence-corrected chi connectivity index (χ2v) is 9.58. The Morgan fingerprint density at radius 2 is 1.85 bits per heavy atom. The molecule has 4 unspecified atom stereocenters. The summed E-state index contributed by atoms with van der Waals surface area (Å²) < 4.78 is 0. The molecule has 1 aliphatic carbocycles. The Morgan fingerprint density at radius 1 is 1.20 bits per heavy atom. The smallest absolute Gasteiger partial charge is 0.0159 e. The summed E-state index contributed by atoms with van der Waals surface area (Å²) in [5, 5.41) is 5.45. The molecule has 1 saturated heterocycles. The van der Waals surface area contributed by atoms with E-state index in [4.69, 9.17) is 0 Å². The van der Waals surface area contributed by atoms with Gasteiger partial charge >= 0.3 is 0 Å². The Kier molecular flexibility index (Phi) is 5.84. The lowest BCUT2D eigenvalue weighted by molar-refractivity contribution is 0.182. The Hall–Kier alpha value is 0.270. The van der Waals surface area contributed by atoms with Crippen LogP contribution in [0.4, 0.5) is 0 Å². The average molecular weight is 299 g/mol. The molecule has 2 fully saturated rings. The van der Waals surface area contributed by atoms with Crippen LogP contribution >= 0.6 is 11.8 Å². The second kappa shape index (κ2) is 7.02. The fraction of sp³-hybridized carbons (Fsp3) is 1.00. The summed E-state index contributed by atoms with van der Waals surface area (Å²) in [4.78, 5) is 2.73. The lowest BCUT2D eigenvalue weighted by Gasteiger charge is -2.39. The zero-order chi connectivity index (χ0) is 14.8. The fourth-order valence-corrected chi connectivity index (χ4v) is 5.61. The molecule has 118 valence electrons. The molecule has 0 spiro atoms. The molecule has 2 aliphatic rings. The molecule has 20 heavy (non-hydrogen) atoms. The van der Waals surface area contributed by atoms with Gasteiger partial charge in [0.25, 0.3) is 0 Å². The largest absolute Gasteiger partial charge is 0.313 e. The van der Waals surface area contributed by atoms with Gasteiger partial charge in [-0.15, -0.1) is 0 Å². The molecule has 2 rings (SSSR count). The Labute approximate surface area is 130 Å². The molecule has 0 amide bonds. The number of rotatable bonds is 5. The highest BCUT2D eigenvalue weighted by molar-refractivity contribution is 8.00. The SMILES string of the molecule is CCCNC1C(CN2CC(C)SC(C)C2)CCC1(C)C. The Morgan fingerprint density at radius 3 is 2.45 bits per heavy atom. The summed E-state index contributed by atoms with van der Waals surface area (Å²) >= 11 is 2.16. The minimum absolute atomic E-state index is 0.474. The van der Waals surface area contributed by atoms with Crippen LogP contribution in [0.25, 0.3) is 0 Å². The van der Waals surface area contributed by atoms with Crippen molar-refractivity contribution in [3.05, 3.63) is 0 Å². The van der Waals surface area contributed by atoms with Crippen molar-refractivity contribution in [2.75, 3.05) is 26.2 Å². The first-order chi connectivity index (χ1) is 9.42. The van der Waals surface area contributed by atoms with Gasteiger partial charge in [0.05, 0.1) is 0 Å². The van der Waals surface area contributed by atoms with Gasteiger partial charge < -0.3 is 10.2 Å². The number of nitrogens with one attached hydrogen (secondary N) is 1. The van der Waals surface area contributed by atoms with E-state index < -0.39 is 0 Å². The van der Waals surface area contributed by atoms with Gasteiger partial charge in [-0.25, -0.2) is 0 Å². The topological polar surface area (TPSA) is 15.3 Å². The molecule has 0 aromatic heterocycles. The van der Waals surface area contributed by atoms with Crippen molar-refractivity contribution in [2.45, 2.75) is 70.4 Å². The van der Waals surface area contributed by atoms with Crippen molar-refractivity contribution < 1.29 is 0 Å². The van der Waals surface area contributed by atoms with Crippen molar-refractivity contribution in [3.8, 4) is 0 Å². The molecular weight excluding hydrogens is 264 g/mol. The first-order valence-electron chi connectivity index (χ1n) is 8.53. The molecule has 0 aromatic carbocycles. The summed E-state index contributed by atoms with van der Waals surface area (Å²) in [5.74, 6) is 0.846. The zero-order valence-corrected chi connectivity index (χ0v) is 14.9. The third kappa shape index (κ3) is 4.14. The van der Waals surface area contributed by atoms with Crippen molar-refractivity contribution >= 4 is 11.8 Å². The van der Waals surface area contributed by atoms with Gasteiger partial charge in [-0.1, -0.05) is 34.6 Å². The van der Waals surface area contributed by atoms with Gasteiger partial charge in [0.2, 0.25) is 0 Å². The summed E-state index contributed by atoms with van der Waals surface area (Å²) in [6.45, 7) is 17.0. The van der Waals surface area contributed by atoms with E-state index in [-0.39, 0.29) is 0 Å². The minimum atomic E-state index is 0.474. The third-order valence-electron chi connectivity index (χ3n) is 5.07. The number of hydrogen-bond acceptors (Lipinski definition) is 3. The Balaban J connectivity index is 1.93. The molecule has 1 saturated carbocycles. The van der Waals surface area contributed by atoms with Crippen LogP contribution in [0.1, 0.15) is 53.9 Å². The molecule has 0 radical (unpaired) electrons. The van der Waals surface area contributed by atoms with Crippen LogP contribution in [0.3, 0.4) is 0 Å². The monoisotopic (exact) mass is 298 g/mol. The highest BCUT2D eigenvalue weighted by Crippen LogP contribution is 2.42. The standard InChI is InChI=1S/C17H34N2S/c1-6-9-18-16-15(7-8-17(16,4)5)12-19-10-13(2)20-14(3)11-19/h13-16,18H,6-12H2,1-5H3. The fourth-order valence-electron chi connectivity index (χ4n) is 4.22. The highest BCUT2D eigenvalue weighted by Gasteiger charge is 2.42. The van der Waals surface area contributed by atoms with Crippen LogP contribution in [-0.4, -0.2) is 47.6 Å². The summed E-state index contributed by atoms with van der Waals surface area (Å²) in [5.41, 5.74) is 0.474. The van der Waals surface area contributed by atoms with Gasteiger partial charge in [0.15, 0.2) is 0 Å². The van der Waals surface area contributed by atoms with Crippen LogP contribution in [-0.2, 0) is 0 Å². The predicted octanol–water partition coefficient (Wildman–Crippen LogP) is 3.62. The molecule has 1 N–H and O–H groups in total. The molecule has 1 heterocycles. The van der Waals surface area contributed by atoms with E-state index >= 15 is 0 Å². The van der Waals surface area contributed by atoms with Crippen LogP contribution in [0, 0.1) is 11.3 Å². The van der Waals surface area contributed by atoms with Crippen molar-refractivity contribution in [1.29, 1.82) is 0 Å². The molecule has 0 aromatic rings. The van der Waals surface area contributed by atoms with E-state index in [1.807, 2.05) is 0 Å². The van der Waals surface area contributed by atoms with Gasteiger partial charge in [-0.2, -0.15) is 11.8 Å². The van der Waals surface area contributed by atoms with E-state index in [1.54, 1.807) is 0 Å². The average Bonchev–Trinajstić information content (AvgIpc) is 2.61. The van der Waals surface area contributed by atoms with Crippen molar-refractivity contribution in [1.82, 2.24) is 10.2 Å². The minimum Gasteiger partial charge on any atom is -0.313 e. The van der Waals surface area contributed by atoms with E-state index in [2.05, 4.69) is 56.6 Å². The molecule has 2 nitrogen and oxygen atoms in total. The molecule has 1 aliphatic heterocycles. The second-order valence-electron chi connectivity index (χ2n) is 7.69. The zero-order valence-electron chi connectivity index (χ0n) is 14.1. The van der Waals surface area contributed by atoms with Crippen LogP contribution in [0.2, 0.25) is 0 Å². The van der Waals surface area contributed by atoms with E-state index in [0.717, 1.165) is 16.4 Å². The van der Waals surface area contributed by atoms with Crippen LogP contribution < -0.4 is 5.32 Å². The van der Waals surface area contributed by atoms with Gasteiger partial charge in [-0.05, 0) is 37.1 Å². The van der Waals surface area contributed by atoms with Gasteiger partial charge in [-0.3, -0.25) is 0 Å². The number of thioether (sulfide) groups is 1. The van der Waals surface area contributed by atoms with Crippen LogP contribution in [0.15, 0.2) is 0 Å². The Bertz CT molecular complexity index is 295. The lowest BCUT2D eigenvalue weighted by atomic mass is 9.84. The van der Waals surface area contributed by atoms with E-state index in [1.165, 1.54) is 45.4 Å². The first kappa shape index (κ1) is 16.6. The lowest BCUT2D eigenvalue weighted by Crippen LogP contribution is -2.49. The maximum Gasteiger partial charge on any atom is 0.0159 e. The van der Waals surface area contributed by atoms with E-state index in [9.17, 15) is 0 Å². The summed E-state index contributed by atoms with van der Waals surface area (Å²) in [6.07, 6.45) is 4.03. The third-order valence-corrected chi connectivity index (χ3v) is 6.30. The van der Waals surface area contributed by atoms with Crippen molar-refractivity contribution in [3.63, 3.8) is 0 Å². The molecule has 3 heteroatoms. The maximum atomic E-state index is 3.85. The van der Waals surface area contributed by atoms with Gasteiger partial charge in [0.1, 0.15) is 0 Å². The maximum absolute atomic E-state index is 3.85. The number of nitrogens with zero attached hydrogens (tertiary/aromatic N) is 1. The molecule has 0 bridgehead atoms. The highest BCUT2D eigenvalue weighted by atomic mass is 32.2.